The molecule has 0 amide bonds. The Labute approximate surface area is 121 Å². The number of anilines is 1. The Bertz CT molecular complexity index is 627. The second-order valence-electron chi connectivity index (χ2n) is 5.13. The van der Waals surface area contributed by atoms with Crippen LogP contribution in [0.3, 0.4) is 0 Å². The van der Waals surface area contributed by atoms with Gasteiger partial charge < -0.3 is 10.6 Å². The van der Waals surface area contributed by atoms with Gasteiger partial charge in [0.25, 0.3) is 0 Å². The molecule has 4 nitrogen and oxygen atoms in total. The fourth-order valence-electron chi connectivity index (χ4n) is 2.69. The van der Waals surface area contributed by atoms with Crippen molar-refractivity contribution in [3.05, 3.63) is 42.1 Å². The first-order chi connectivity index (χ1) is 10.2. The largest absolute Gasteiger partial charge is 0.337 e. The number of aromatic nitrogens is 2. The molecule has 2 heterocycles. The van der Waals surface area contributed by atoms with Crippen molar-refractivity contribution < 1.29 is 8.78 Å². The molecule has 0 aliphatic carbocycles. The third kappa shape index (κ3) is 2.85. The van der Waals surface area contributed by atoms with Crippen molar-refractivity contribution in [3.63, 3.8) is 0 Å². The highest BCUT2D eigenvalue weighted by molar-refractivity contribution is 5.60. The van der Waals surface area contributed by atoms with Crippen LogP contribution in [0.2, 0.25) is 0 Å². The lowest BCUT2D eigenvalue weighted by Crippen LogP contribution is -2.36. The quantitative estimate of drug-likeness (QED) is 0.942. The summed E-state index contributed by atoms with van der Waals surface area (Å²) in [6.45, 7) is 1.39. The van der Waals surface area contributed by atoms with Crippen molar-refractivity contribution in [2.45, 2.75) is 18.9 Å². The van der Waals surface area contributed by atoms with Crippen LogP contribution in [0.1, 0.15) is 12.8 Å². The molecule has 1 saturated heterocycles. The third-order valence-electron chi connectivity index (χ3n) is 3.71. The maximum atomic E-state index is 13.3. The van der Waals surface area contributed by atoms with E-state index < -0.39 is 11.6 Å². The van der Waals surface area contributed by atoms with Crippen LogP contribution in [0.15, 0.2) is 30.5 Å². The van der Waals surface area contributed by atoms with E-state index in [1.54, 1.807) is 12.3 Å². The molecule has 1 unspecified atom stereocenters. The fourth-order valence-corrected chi connectivity index (χ4v) is 2.69. The van der Waals surface area contributed by atoms with Crippen LogP contribution in [0, 0.1) is 11.6 Å². The summed E-state index contributed by atoms with van der Waals surface area (Å²) in [5.74, 6) is -0.678. The molecule has 0 radical (unpaired) electrons. The Hall–Kier alpha value is -2.08. The van der Waals surface area contributed by atoms with E-state index in [9.17, 15) is 8.78 Å². The molecule has 1 aliphatic heterocycles. The molecule has 0 bridgehead atoms. The van der Waals surface area contributed by atoms with Crippen LogP contribution in [-0.4, -0.2) is 29.1 Å². The summed E-state index contributed by atoms with van der Waals surface area (Å²) < 4.78 is 26.6. The van der Waals surface area contributed by atoms with Gasteiger partial charge >= 0.3 is 0 Å². The zero-order valence-electron chi connectivity index (χ0n) is 11.5. The SMILES string of the molecule is NCC1CCCN1c1nccc(-c2cc(F)cc(F)c2)n1. The molecule has 0 saturated carbocycles. The summed E-state index contributed by atoms with van der Waals surface area (Å²) in [7, 11) is 0. The van der Waals surface area contributed by atoms with E-state index in [2.05, 4.69) is 14.9 Å². The van der Waals surface area contributed by atoms with E-state index >= 15 is 0 Å². The Balaban J connectivity index is 1.96. The van der Waals surface area contributed by atoms with Gasteiger partial charge in [0.1, 0.15) is 11.6 Å². The van der Waals surface area contributed by atoms with Crippen molar-refractivity contribution in [2.24, 2.45) is 5.73 Å². The van der Waals surface area contributed by atoms with E-state index in [4.69, 9.17) is 5.73 Å². The van der Waals surface area contributed by atoms with Gasteiger partial charge in [-0.1, -0.05) is 0 Å². The number of nitrogens with two attached hydrogens (primary N) is 1. The molecule has 2 N–H and O–H groups in total. The molecule has 1 aliphatic rings. The first-order valence-corrected chi connectivity index (χ1v) is 6.93. The molecule has 1 atom stereocenters. The normalized spacial score (nSPS) is 18.2. The van der Waals surface area contributed by atoms with Gasteiger partial charge in [-0.25, -0.2) is 18.7 Å². The number of rotatable bonds is 3. The monoisotopic (exact) mass is 290 g/mol. The predicted octanol–water partition coefficient (Wildman–Crippen LogP) is 2.35. The van der Waals surface area contributed by atoms with Crippen molar-refractivity contribution in [1.82, 2.24) is 9.97 Å². The average molecular weight is 290 g/mol. The fraction of sp³-hybridized carbons (Fsp3) is 0.333. The van der Waals surface area contributed by atoms with Gasteiger partial charge in [0.2, 0.25) is 5.95 Å². The highest BCUT2D eigenvalue weighted by Gasteiger charge is 2.25. The first kappa shape index (κ1) is 13.9. The molecular formula is C15H16F2N4. The minimum atomic E-state index is -0.619. The number of hydrogen-bond donors (Lipinski definition) is 1. The average Bonchev–Trinajstić information content (AvgIpc) is 2.95. The second-order valence-corrected chi connectivity index (χ2v) is 5.13. The second kappa shape index (κ2) is 5.73. The maximum absolute atomic E-state index is 13.3. The lowest BCUT2D eigenvalue weighted by atomic mass is 10.1. The van der Waals surface area contributed by atoms with Crippen LogP contribution >= 0.6 is 0 Å². The Kier molecular flexibility index (Phi) is 3.79. The van der Waals surface area contributed by atoms with Gasteiger partial charge in [-0.05, 0) is 31.0 Å². The van der Waals surface area contributed by atoms with Crippen LogP contribution in [0.25, 0.3) is 11.3 Å². The maximum Gasteiger partial charge on any atom is 0.226 e. The van der Waals surface area contributed by atoms with Gasteiger partial charge in [-0.3, -0.25) is 0 Å². The van der Waals surface area contributed by atoms with Crippen molar-refractivity contribution in [3.8, 4) is 11.3 Å². The van der Waals surface area contributed by atoms with Crippen LogP contribution in [-0.2, 0) is 0 Å². The van der Waals surface area contributed by atoms with Gasteiger partial charge in [-0.15, -0.1) is 0 Å². The molecule has 0 spiro atoms. The number of hydrogen-bond acceptors (Lipinski definition) is 4. The van der Waals surface area contributed by atoms with Crippen LogP contribution in [0.5, 0.6) is 0 Å². The zero-order valence-corrected chi connectivity index (χ0v) is 11.5. The predicted molar refractivity (Wildman–Crippen MR) is 76.8 cm³/mol. The van der Waals surface area contributed by atoms with Gasteiger partial charge in [0.15, 0.2) is 0 Å². The summed E-state index contributed by atoms with van der Waals surface area (Å²) in [4.78, 5) is 10.7. The van der Waals surface area contributed by atoms with Crippen LogP contribution in [0.4, 0.5) is 14.7 Å². The minimum Gasteiger partial charge on any atom is -0.337 e. The first-order valence-electron chi connectivity index (χ1n) is 6.93. The van der Waals surface area contributed by atoms with Gasteiger partial charge in [0, 0.05) is 37.0 Å². The Morgan fingerprint density at radius 2 is 2.00 bits per heavy atom. The molecule has 2 aromatic rings. The summed E-state index contributed by atoms with van der Waals surface area (Å²) in [5.41, 5.74) is 6.66. The number of nitrogens with zero attached hydrogens (tertiary/aromatic N) is 3. The Morgan fingerprint density at radius 1 is 1.24 bits per heavy atom. The number of halogens is 2. The minimum absolute atomic E-state index is 0.226. The Morgan fingerprint density at radius 3 is 2.71 bits per heavy atom. The van der Waals surface area contributed by atoms with E-state index in [0.29, 0.717) is 23.8 Å². The molecule has 1 aromatic carbocycles. The van der Waals surface area contributed by atoms with Crippen molar-refractivity contribution in [2.75, 3.05) is 18.0 Å². The molecule has 110 valence electrons. The lowest BCUT2D eigenvalue weighted by Gasteiger charge is -2.23. The topological polar surface area (TPSA) is 55.0 Å². The molecule has 1 aromatic heterocycles. The molecular weight excluding hydrogens is 274 g/mol. The molecule has 1 fully saturated rings. The molecule has 3 rings (SSSR count). The summed E-state index contributed by atoms with van der Waals surface area (Å²) in [6.07, 6.45) is 3.66. The summed E-state index contributed by atoms with van der Waals surface area (Å²) in [6, 6.07) is 5.24. The van der Waals surface area contributed by atoms with E-state index in [-0.39, 0.29) is 6.04 Å². The highest BCUT2D eigenvalue weighted by atomic mass is 19.1. The third-order valence-corrected chi connectivity index (χ3v) is 3.71. The lowest BCUT2D eigenvalue weighted by molar-refractivity contribution is 0.584. The standard InChI is InChI=1S/C15H16F2N4/c16-11-6-10(7-12(17)8-11)14-3-4-19-15(20-14)21-5-1-2-13(21)9-18/h3-4,6-8,13H,1-2,5,9,18H2. The zero-order chi connectivity index (χ0) is 14.8. The highest BCUT2D eigenvalue weighted by Crippen LogP contribution is 2.25. The summed E-state index contributed by atoms with van der Waals surface area (Å²) >= 11 is 0. The van der Waals surface area contributed by atoms with Crippen molar-refractivity contribution in [1.29, 1.82) is 0 Å². The number of benzene rings is 1. The molecule has 21 heavy (non-hydrogen) atoms. The van der Waals surface area contributed by atoms with E-state index in [0.717, 1.165) is 25.5 Å². The van der Waals surface area contributed by atoms with E-state index in [1.807, 2.05) is 0 Å². The smallest absolute Gasteiger partial charge is 0.226 e. The van der Waals surface area contributed by atoms with Crippen molar-refractivity contribution >= 4 is 5.95 Å². The summed E-state index contributed by atoms with van der Waals surface area (Å²) in [5, 5.41) is 0. The van der Waals surface area contributed by atoms with E-state index in [1.165, 1.54) is 12.1 Å². The van der Waals surface area contributed by atoms with Crippen LogP contribution < -0.4 is 10.6 Å². The van der Waals surface area contributed by atoms with Gasteiger partial charge in [-0.2, -0.15) is 0 Å². The van der Waals surface area contributed by atoms with Gasteiger partial charge in [0.05, 0.1) is 5.69 Å². The molecule has 6 heteroatoms.